The lowest BCUT2D eigenvalue weighted by atomic mass is 10.1. The average molecular weight is 401 g/mol. The van der Waals surface area contributed by atoms with Crippen LogP contribution in [0.4, 0.5) is 0 Å². The first kappa shape index (κ1) is 24.4. The van der Waals surface area contributed by atoms with Crippen molar-refractivity contribution >= 4 is 16.6 Å². The molecule has 0 amide bonds. The van der Waals surface area contributed by atoms with Crippen LogP contribution in [0.3, 0.4) is 0 Å². The molecule has 0 aliphatic carbocycles. The molecule has 0 unspecified atom stereocenters. The predicted octanol–water partition coefficient (Wildman–Crippen LogP) is 5.80. The molecule has 1 heterocycles. The summed E-state index contributed by atoms with van der Waals surface area (Å²) in [6.45, 7) is 21.8. The highest BCUT2D eigenvalue weighted by Crippen LogP contribution is 2.26. The second-order valence-electron chi connectivity index (χ2n) is 8.82. The Balaban J connectivity index is 2.56. The molecule has 0 saturated carbocycles. The topological polar surface area (TPSA) is 15.7 Å². The number of unbranched alkanes of at least 4 members (excludes halogenated alkanes) is 1. The van der Waals surface area contributed by atoms with Gasteiger partial charge < -0.3 is 13.9 Å². The quantitative estimate of drug-likeness (QED) is 0.271. The van der Waals surface area contributed by atoms with E-state index in [1.807, 2.05) is 0 Å². The Kier molecular flexibility index (Phi) is 11.9. The fourth-order valence-corrected chi connectivity index (χ4v) is 10.8. The van der Waals surface area contributed by atoms with Gasteiger partial charge in [-0.15, -0.1) is 0 Å². The summed E-state index contributed by atoms with van der Waals surface area (Å²) in [5.74, 6) is 0. The fourth-order valence-electron chi connectivity index (χ4n) is 4.77. The maximum Gasteiger partial charge on any atom is 0.186 e. The lowest BCUT2D eigenvalue weighted by molar-refractivity contribution is 0.209. The normalized spacial score (nSPS) is 17.2. The van der Waals surface area contributed by atoms with Crippen molar-refractivity contribution < 1.29 is 4.43 Å². The number of hydrogen-bond donors (Lipinski definition) is 0. The highest BCUT2D eigenvalue weighted by Gasteiger charge is 2.34. The van der Waals surface area contributed by atoms with Crippen LogP contribution in [0.1, 0.15) is 59.8 Å². The van der Waals surface area contributed by atoms with Gasteiger partial charge in [0.15, 0.2) is 8.32 Å². The Morgan fingerprint density at radius 3 is 2.00 bits per heavy atom. The van der Waals surface area contributed by atoms with Gasteiger partial charge in [-0.3, -0.25) is 0 Å². The molecular formula is C21H48N2OSi2. The first-order valence-electron chi connectivity index (χ1n) is 11.5. The zero-order valence-electron chi connectivity index (χ0n) is 18.9. The minimum Gasteiger partial charge on any atom is -0.418 e. The van der Waals surface area contributed by atoms with Gasteiger partial charge in [0.05, 0.1) is 0 Å². The summed E-state index contributed by atoms with van der Waals surface area (Å²) in [6, 6.07) is 5.57. The van der Waals surface area contributed by atoms with E-state index < -0.39 is 16.6 Å². The predicted molar refractivity (Wildman–Crippen MR) is 122 cm³/mol. The zero-order chi connectivity index (χ0) is 19.5. The molecule has 0 aromatic carbocycles. The summed E-state index contributed by atoms with van der Waals surface area (Å²) in [4.78, 5) is 2.72. The minimum absolute atomic E-state index is 0.888. The zero-order valence-corrected chi connectivity index (χ0v) is 20.9. The Morgan fingerprint density at radius 2 is 1.46 bits per heavy atom. The Labute approximate surface area is 167 Å². The Bertz CT molecular complexity index is 348. The molecule has 0 aromatic rings. The van der Waals surface area contributed by atoms with E-state index in [4.69, 9.17) is 4.43 Å². The van der Waals surface area contributed by atoms with Crippen LogP contribution in [0.15, 0.2) is 0 Å². The SMILES string of the molecule is CCO[Si](C)(C)CCCCN(CCN1CCCCC1)[Si](CC)(CC)CC. The van der Waals surface area contributed by atoms with Gasteiger partial charge in [0.2, 0.25) is 0 Å². The molecule has 26 heavy (non-hydrogen) atoms. The molecule has 3 nitrogen and oxygen atoms in total. The molecule has 1 aliphatic heterocycles. The van der Waals surface area contributed by atoms with E-state index in [9.17, 15) is 0 Å². The first-order valence-corrected chi connectivity index (χ1v) is 17.2. The second kappa shape index (κ2) is 12.7. The molecule has 1 fully saturated rings. The lowest BCUT2D eigenvalue weighted by Crippen LogP contribution is -2.55. The fraction of sp³-hybridized carbons (Fsp3) is 1.00. The van der Waals surface area contributed by atoms with Crippen molar-refractivity contribution in [1.82, 2.24) is 9.47 Å². The molecule has 0 aromatic heterocycles. The van der Waals surface area contributed by atoms with Crippen LogP contribution in [-0.4, -0.2) is 65.3 Å². The molecule has 0 N–H and O–H groups in total. The van der Waals surface area contributed by atoms with Crippen molar-refractivity contribution in [3.05, 3.63) is 0 Å². The molecule has 1 saturated heterocycles. The van der Waals surface area contributed by atoms with E-state index in [1.54, 1.807) is 0 Å². The molecule has 156 valence electrons. The van der Waals surface area contributed by atoms with E-state index in [0.29, 0.717) is 0 Å². The van der Waals surface area contributed by atoms with E-state index in [-0.39, 0.29) is 0 Å². The van der Waals surface area contributed by atoms with Gasteiger partial charge in [-0.25, -0.2) is 0 Å². The van der Waals surface area contributed by atoms with Crippen LogP contribution in [0.25, 0.3) is 0 Å². The van der Waals surface area contributed by atoms with Crippen molar-refractivity contribution in [3.8, 4) is 0 Å². The van der Waals surface area contributed by atoms with Gasteiger partial charge in [-0.1, -0.05) is 33.6 Å². The van der Waals surface area contributed by atoms with E-state index in [1.165, 1.54) is 89.0 Å². The van der Waals surface area contributed by atoms with Gasteiger partial charge in [0, 0.05) is 19.7 Å². The maximum atomic E-state index is 6.02. The molecule has 5 heteroatoms. The average Bonchev–Trinajstić information content (AvgIpc) is 2.64. The number of piperidine rings is 1. The van der Waals surface area contributed by atoms with Crippen LogP contribution in [0, 0.1) is 0 Å². The van der Waals surface area contributed by atoms with Gasteiger partial charge in [-0.05, 0) is 83.1 Å². The molecular weight excluding hydrogens is 352 g/mol. The molecule has 0 radical (unpaired) electrons. The molecule has 1 rings (SSSR count). The third-order valence-corrected chi connectivity index (χ3v) is 15.1. The smallest absolute Gasteiger partial charge is 0.186 e. The van der Waals surface area contributed by atoms with Crippen LogP contribution in [0.2, 0.25) is 37.3 Å². The van der Waals surface area contributed by atoms with E-state index in [2.05, 4.69) is 50.3 Å². The summed E-state index contributed by atoms with van der Waals surface area (Å²) in [5.41, 5.74) is 0. The number of rotatable bonds is 14. The summed E-state index contributed by atoms with van der Waals surface area (Å²) < 4.78 is 9.02. The molecule has 1 aliphatic rings. The van der Waals surface area contributed by atoms with Gasteiger partial charge >= 0.3 is 0 Å². The number of likely N-dealkylation sites (tertiary alicyclic amines) is 1. The van der Waals surface area contributed by atoms with Gasteiger partial charge in [-0.2, -0.15) is 0 Å². The number of nitrogens with zero attached hydrogens (tertiary/aromatic N) is 2. The van der Waals surface area contributed by atoms with Crippen LogP contribution < -0.4 is 0 Å². The van der Waals surface area contributed by atoms with Crippen LogP contribution in [-0.2, 0) is 4.43 Å². The van der Waals surface area contributed by atoms with Gasteiger partial charge in [0.1, 0.15) is 8.24 Å². The maximum absolute atomic E-state index is 6.02. The second-order valence-corrected chi connectivity index (χ2v) is 18.3. The summed E-state index contributed by atoms with van der Waals surface area (Å²) >= 11 is 0. The number of hydrogen-bond acceptors (Lipinski definition) is 3. The monoisotopic (exact) mass is 400 g/mol. The minimum atomic E-state index is -1.41. The highest BCUT2D eigenvalue weighted by atomic mass is 28.4. The lowest BCUT2D eigenvalue weighted by Gasteiger charge is -2.42. The standard InChI is InChI=1S/C21H48N2OSi2/c1-7-24-25(5,6)21-15-14-18-23(26(8-2,9-3)10-4)20-19-22-16-12-11-13-17-22/h7-21H2,1-6H3. The van der Waals surface area contributed by atoms with E-state index in [0.717, 1.165) is 6.61 Å². The van der Waals surface area contributed by atoms with Crippen molar-refractivity contribution in [2.75, 3.05) is 39.3 Å². The largest absolute Gasteiger partial charge is 0.418 e. The Morgan fingerprint density at radius 1 is 0.846 bits per heavy atom. The van der Waals surface area contributed by atoms with Crippen molar-refractivity contribution in [3.63, 3.8) is 0 Å². The van der Waals surface area contributed by atoms with Crippen molar-refractivity contribution in [2.45, 2.75) is 97.1 Å². The summed E-state index contributed by atoms with van der Waals surface area (Å²) in [7, 11) is -2.66. The summed E-state index contributed by atoms with van der Waals surface area (Å²) in [6.07, 6.45) is 6.97. The van der Waals surface area contributed by atoms with Crippen LogP contribution in [0.5, 0.6) is 0 Å². The summed E-state index contributed by atoms with van der Waals surface area (Å²) in [5, 5.41) is 0. The highest BCUT2D eigenvalue weighted by molar-refractivity contribution is 6.77. The molecule has 0 atom stereocenters. The van der Waals surface area contributed by atoms with E-state index >= 15 is 0 Å². The third kappa shape index (κ3) is 8.13. The van der Waals surface area contributed by atoms with Crippen molar-refractivity contribution in [1.29, 1.82) is 0 Å². The van der Waals surface area contributed by atoms with Gasteiger partial charge in [0.25, 0.3) is 0 Å². The first-order chi connectivity index (χ1) is 12.4. The molecule has 0 spiro atoms. The Hall–Kier alpha value is 0.314. The molecule has 0 bridgehead atoms. The third-order valence-electron chi connectivity index (χ3n) is 6.77. The van der Waals surface area contributed by atoms with Crippen molar-refractivity contribution in [2.24, 2.45) is 0 Å². The van der Waals surface area contributed by atoms with Crippen LogP contribution >= 0.6 is 0 Å².